The fraction of sp³-hybridized carbons (Fsp3) is 0.267. The summed E-state index contributed by atoms with van der Waals surface area (Å²) in [7, 11) is 0. The third-order valence-corrected chi connectivity index (χ3v) is 4.38. The van der Waals surface area contributed by atoms with E-state index < -0.39 is 5.92 Å². The molecule has 0 bridgehead atoms. The summed E-state index contributed by atoms with van der Waals surface area (Å²) in [5.74, 6) is -0.821. The Kier molecular flexibility index (Phi) is 5.03. The number of rotatable bonds is 5. The summed E-state index contributed by atoms with van der Waals surface area (Å²) >= 11 is 6.62. The smallest absolute Gasteiger partial charge is 0.234 e. The van der Waals surface area contributed by atoms with Crippen LogP contribution in [0.25, 0.3) is 0 Å². The van der Waals surface area contributed by atoms with Crippen LogP contribution in [0, 0.1) is 6.92 Å². The largest absolute Gasteiger partial charge is 0.392 e. The molecule has 0 saturated heterocycles. The quantitative estimate of drug-likeness (QED) is 0.832. The van der Waals surface area contributed by atoms with Gasteiger partial charge in [0.15, 0.2) is 0 Å². The molecule has 0 spiro atoms. The lowest BCUT2D eigenvalue weighted by molar-refractivity contribution is -0.121. The Morgan fingerprint density at radius 2 is 2.05 bits per heavy atom. The molecule has 1 amide bonds. The van der Waals surface area contributed by atoms with Crippen molar-refractivity contribution in [2.45, 2.75) is 25.8 Å². The zero-order chi connectivity index (χ0) is 15.4. The minimum absolute atomic E-state index is 0.168. The molecule has 0 fully saturated rings. The first kappa shape index (κ1) is 15.6. The predicted octanol–water partition coefficient (Wildman–Crippen LogP) is 2.70. The van der Waals surface area contributed by atoms with Gasteiger partial charge in [-0.05, 0) is 19.4 Å². The molecule has 1 heterocycles. The summed E-state index contributed by atoms with van der Waals surface area (Å²) in [6.07, 6.45) is 1.80. The number of hydrogen-bond acceptors (Lipinski definition) is 4. The zero-order valence-corrected chi connectivity index (χ0v) is 13.5. The lowest BCUT2D eigenvalue weighted by Crippen LogP contribution is -2.37. The van der Waals surface area contributed by atoms with E-state index in [0.29, 0.717) is 0 Å². The van der Waals surface area contributed by atoms with Gasteiger partial charge in [-0.2, -0.15) is 0 Å². The lowest BCUT2D eigenvalue weighted by atomic mass is 9.98. The highest BCUT2D eigenvalue weighted by atomic mass is 32.1. The van der Waals surface area contributed by atoms with E-state index in [1.807, 2.05) is 44.2 Å². The van der Waals surface area contributed by atoms with Crippen molar-refractivity contribution in [3.63, 3.8) is 0 Å². The molecule has 0 radical (unpaired) electrons. The van der Waals surface area contributed by atoms with Gasteiger partial charge in [-0.3, -0.25) is 4.79 Å². The molecule has 4 nitrogen and oxygen atoms in total. The van der Waals surface area contributed by atoms with Gasteiger partial charge in [0.25, 0.3) is 0 Å². The van der Waals surface area contributed by atoms with Crippen molar-refractivity contribution in [3.8, 4) is 0 Å². The molecular formula is C15H17N3OS2. The number of amides is 1. The number of aromatic nitrogens is 1. The summed E-state index contributed by atoms with van der Waals surface area (Å²) in [5, 5.41) is 3.80. The summed E-state index contributed by atoms with van der Waals surface area (Å²) in [5.41, 5.74) is 6.54. The van der Waals surface area contributed by atoms with Crippen LogP contribution in [0.15, 0.2) is 36.5 Å². The van der Waals surface area contributed by atoms with E-state index in [1.165, 1.54) is 0 Å². The molecule has 1 aromatic carbocycles. The van der Waals surface area contributed by atoms with Crippen LogP contribution < -0.4 is 11.1 Å². The standard InChI is InChI=1S/C15H17N3OS2/c1-9-8-17-15(21-9)10(2)18-14(19)12(13(16)20)11-6-4-3-5-7-11/h3-8,10,12H,1-2H3,(H2,16,20)(H,18,19). The molecule has 0 aliphatic carbocycles. The molecule has 3 N–H and O–H groups in total. The number of nitrogens with two attached hydrogens (primary N) is 1. The Morgan fingerprint density at radius 3 is 2.57 bits per heavy atom. The van der Waals surface area contributed by atoms with Crippen molar-refractivity contribution in [1.82, 2.24) is 10.3 Å². The molecule has 2 atom stereocenters. The van der Waals surface area contributed by atoms with Gasteiger partial charge in [0.1, 0.15) is 10.9 Å². The Balaban J connectivity index is 2.15. The fourth-order valence-electron chi connectivity index (χ4n) is 2.02. The van der Waals surface area contributed by atoms with Crippen molar-refractivity contribution >= 4 is 34.5 Å². The number of carbonyl (C=O) groups is 1. The van der Waals surface area contributed by atoms with Gasteiger partial charge in [0.2, 0.25) is 5.91 Å². The van der Waals surface area contributed by atoms with Crippen LogP contribution in [-0.4, -0.2) is 15.9 Å². The number of aryl methyl sites for hydroxylation is 1. The summed E-state index contributed by atoms with van der Waals surface area (Å²) in [6, 6.07) is 9.14. The van der Waals surface area contributed by atoms with Crippen molar-refractivity contribution in [2.75, 3.05) is 0 Å². The van der Waals surface area contributed by atoms with Gasteiger partial charge in [-0.25, -0.2) is 4.98 Å². The predicted molar refractivity (Wildman–Crippen MR) is 89.4 cm³/mol. The van der Waals surface area contributed by atoms with Gasteiger partial charge in [0, 0.05) is 11.1 Å². The highest BCUT2D eigenvalue weighted by Gasteiger charge is 2.25. The van der Waals surface area contributed by atoms with Crippen LogP contribution in [0.2, 0.25) is 0 Å². The first-order valence-corrected chi connectivity index (χ1v) is 7.78. The Hall–Kier alpha value is -1.79. The van der Waals surface area contributed by atoms with Crippen LogP contribution >= 0.6 is 23.6 Å². The van der Waals surface area contributed by atoms with Crippen LogP contribution in [-0.2, 0) is 4.79 Å². The minimum atomic E-state index is -0.621. The van der Waals surface area contributed by atoms with Crippen LogP contribution in [0.3, 0.4) is 0 Å². The summed E-state index contributed by atoms with van der Waals surface area (Å²) in [6.45, 7) is 3.88. The maximum atomic E-state index is 12.5. The van der Waals surface area contributed by atoms with E-state index in [0.717, 1.165) is 15.4 Å². The number of thiocarbonyl (C=S) groups is 1. The highest BCUT2D eigenvalue weighted by Crippen LogP contribution is 2.22. The number of nitrogens with one attached hydrogen (secondary N) is 1. The number of nitrogens with zero attached hydrogens (tertiary/aromatic N) is 1. The topological polar surface area (TPSA) is 68.0 Å². The van der Waals surface area contributed by atoms with E-state index in [-0.39, 0.29) is 16.9 Å². The second-order valence-electron chi connectivity index (χ2n) is 4.79. The number of thiazole rings is 1. The lowest BCUT2D eigenvalue weighted by Gasteiger charge is -2.18. The second-order valence-corrected chi connectivity index (χ2v) is 6.52. The third-order valence-electron chi connectivity index (χ3n) is 3.05. The normalized spacial score (nSPS) is 13.4. The molecule has 2 unspecified atom stereocenters. The van der Waals surface area contributed by atoms with Crippen molar-refractivity contribution in [2.24, 2.45) is 5.73 Å². The maximum Gasteiger partial charge on any atom is 0.234 e. The molecule has 21 heavy (non-hydrogen) atoms. The monoisotopic (exact) mass is 319 g/mol. The van der Waals surface area contributed by atoms with Crippen molar-refractivity contribution < 1.29 is 4.79 Å². The first-order chi connectivity index (χ1) is 9.99. The fourth-order valence-corrected chi connectivity index (χ4v) is 3.04. The van der Waals surface area contributed by atoms with Gasteiger partial charge < -0.3 is 11.1 Å². The van der Waals surface area contributed by atoms with E-state index in [1.54, 1.807) is 17.5 Å². The van der Waals surface area contributed by atoms with Crippen LogP contribution in [0.1, 0.15) is 34.3 Å². The minimum Gasteiger partial charge on any atom is -0.392 e. The van der Waals surface area contributed by atoms with Gasteiger partial charge in [0.05, 0.1) is 11.0 Å². The van der Waals surface area contributed by atoms with Crippen LogP contribution in [0.5, 0.6) is 0 Å². The van der Waals surface area contributed by atoms with Crippen molar-refractivity contribution in [1.29, 1.82) is 0 Å². The van der Waals surface area contributed by atoms with Crippen molar-refractivity contribution in [3.05, 3.63) is 52.0 Å². The van der Waals surface area contributed by atoms with Gasteiger partial charge >= 0.3 is 0 Å². The molecule has 1 aromatic heterocycles. The van der Waals surface area contributed by atoms with E-state index >= 15 is 0 Å². The number of benzene rings is 1. The van der Waals surface area contributed by atoms with E-state index in [9.17, 15) is 4.79 Å². The maximum absolute atomic E-state index is 12.5. The Bertz CT molecular complexity index is 639. The number of hydrogen-bond donors (Lipinski definition) is 2. The third kappa shape index (κ3) is 3.86. The van der Waals surface area contributed by atoms with Gasteiger partial charge in [-0.1, -0.05) is 42.5 Å². The van der Waals surface area contributed by atoms with Crippen LogP contribution in [0.4, 0.5) is 0 Å². The van der Waals surface area contributed by atoms with E-state index in [4.69, 9.17) is 18.0 Å². The molecule has 0 aliphatic heterocycles. The summed E-state index contributed by atoms with van der Waals surface area (Å²) < 4.78 is 0. The molecule has 2 rings (SSSR count). The molecule has 2 aromatic rings. The number of carbonyl (C=O) groups excluding carboxylic acids is 1. The Morgan fingerprint density at radius 1 is 1.38 bits per heavy atom. The second kappa shape index (κ2) is 6.78. The zero-order valence-electron chi connectivity index (χ0n) is 11.9. The average Bonchev–Trinajstić information content (AvgIpc) is 2.86. The molecule has 6 heteroatoms. The molecule has 0 saturated carbocycles. The molecular weight excluding hydrogens is 302 g/mol. The molecule has 110 valence electrons. The SMILES string of the molecule is Cc1cnc(C(C)NC(=O)C(C(N)=S)c2ccccc2)s1. The summed E-state index contributed by atoms with van der Waals surface area (Å²) in [4.78, 5) is 18.0. The average molecular weight is 319 g/mol. The Labute approximate surface area is 133 Å². The molecule has 0 aliphatic rings. The first-order valence-electron chi connectivity index (χ1n) is 6.56. The van der Waals surface area contributed by atoms with Gasteiger partial charge in [-0.15, -0.1) is 11.3 Å². The highest BCUT2D eigenvalue weighted by molar-refractivity contribution is 7.80. The van der Waals surface area contributed by atoms with E-state index in [2.05, 4.69) is 10.3 Å².